The lowest BCUT2D eigenvalue weighted by Gasteiger charge is -2.25. The van der Waals surface area contributed by atoms with Crippen molar-refractivity contribution in [2.24, 2.45) is 5.73 Å². The van der Waals surface area contributed by atoms with E-state index in [0.29, 0.717) is 11.1 Å². The number of carboxylic acid groups (broad SMARTS) is 2. The predicted octanol–water partition coefficient (Wildman–Crippen LogP) is 4.73. The third-order valence-electron chi connectivity index (χ3n) is 3.72. The molecule has 0 aromatic heterocycles. The molecule has 29 heavy (non-hydrogen) atoms. The van der Waals surface area contributed by atoms with Crippen molar-refractivity contribution in [3.8, 4) is 0 Å². The molecule has 2 aromatic carbocycles. The first-order valence-corrected chi connectivity index (χ1v) is 9.33. The highest BCUT2D eigenvalue weighted by Gasteiger charge is 2.35. The summed E-state index contributed by atoms with van der Waals surface area (Å²) in [5.41, 5.74) is 6.29. The summed E-state index contributed by atoms with van der Waals surface area (Å²) in [5.74, 6) is -3.53. The number of hydrogen-bond donors (Lipinski definition) is 3. The Morgan fingerprint density at radius 2 is 1.28 bits per heavy atom. The summed E-state index contributed by atoms with van der Waals surface area (Å²) in [6.07, 6.45) is -0.224. The van der Waals surface area contributed by atoms with E-state index < -0.39 is 27.7 Å². The molecule has 0 heterocycles. The van der Waals surface area contributed by atoms with Gasteiger partial charge in [-0.05, 0) is 41.8 Å². The minimum atomic E-state index is -1.62. The van der Waals surface area contributed by atoms with Crippen LogP contribution in [0.2, 0.25) is 0 Å². The Morgan fingerprint density at radius 3 is 1.55 bits per heavy atom. The van der Waals surface area contributed by atoms with Crippen LogP contribution in [-0.4, -0.2) is 32.0 Å². The van der Waals surface area contributed by atoms with Gasteiger partial charge in [0.2, 0.25) is 3.79 Å². The van der Waals surface area contributed by atoms with Crippen molar-refractivity contribution >= 4 is 46.7 Å². The van der Waals surface area contributed by atoms with Crippen LogP contribution in [0.25, 0.3) is 0 Å². The van der Waals surface area contributed by atoms with Crippen molar-refractivity contribution in [2.75, 3.05) is 0 Å². The summed E-state index contributed by atoms with van der Waals surface area (Å²) in [7, 11) is 0. The van der Waals surface area contributed by atoms with Gasteiger partial charge in [-0.15, -0.1) is 0 Å². The summed E-state index contributed by atoms with van der Waals surface area (Å²) in [5, 5.41) is 16.3. The van der Waals surface area contributed by atoms with E-state index in [-0.39, 0.29) is 24.5 Å². The molecule has 10 heteroatoms. The van der Waals surface area contributed by atoms with Crippen LogP contribution >= 0.6 is 34.8 Å². The predicted molar refractivity (Wildman–Crippen MR) is 107 cm³/mol. The Kier molecular flexibility index (Phi) is 9.79. The van der Waals surface area contributed by atoms with Gasteiger partial charge in [0.05, 0.1) is 5.92 Å². The average molecular weight is 469 g/mol. The Bertz CT molecular complexity index is 766. The van der Waals surface area contributed by atoms with Gasteiger partial charge in [0, 0.05) is 6.42 Å². The standard InChI is InChI=1S/C14H9Cl3F2.C5H9NO4/c15-14(16,17)13(9-1-5-11(18)6-2-9)10-3-7-12(19)8-4-10;6-3(5(9)10)1-2-4(7)8/h1-8,13H;3H,1-2,6H2,(H,7,8)(H,9,10)/t;3-/m.0/s1. The van der Waals surface area contributed by atoms with Gasteiger partial charge in [-0.1, -0.05) is 59.1 Å². The fourth-order valence-electron chi connectivity index (χ4n) is 2.28. The molecule has 2 rings (SSSR count). The fraction of sp³-hybridized carbons (Fsp3) is 0.263. The number of carbonyl (C=O) groups is 2. The molecule has 1 atom stereocenters. The van der Waals surface area contributed by atoms with Crippen molar-refractivity contribution in [3.63, 3.8) is 0 Å². The minimum Gasteiger partial charge on any atom is -0.481 e. The topological polar surface area (TPSA) is 101 Å². The molecule has 0 aliphatic rings. The van der Waals surface area contributed by atoms with E-state index in [2.05, 4.69) is 0 Å². The molecule has 4 N–H and O–H groups in total. The van der Waals surface area contributed by atoms with Crippen molar-refractivity contribution in [3.05, 3.63) is 71.3 Å². The van der Waals surface area contributed by atoms with Crippen LogP contribution in [0, 0.1) is 11.6 Å². The summed E-state index contributed by atoms with van der Waals surface area (Å²) in [6.45, 7) is 0. The summed E-state index contributed by atoms with van der Waals surface area (Å²) < 4.78 is 24.3. The van der Waals surface area contributed by atoms with Gasteiger partial charge in [-0.25, -0.2) is 8.78 Å². The summed E-state index contributed by atoms with van der Waals surface area (Å²) in [6, 6.07) is 10.3. The molecule has 0 amide bonds. The molecule has 0 aliphatic heterocycles. The van der Waals surface area contributed by atoms with Crippen LogP contribution < -0.4 is 5.73 Å². The van der Waals surface area contributed by atoms with Crippen LogP contribution in [0.4, 0.5) is 8.78 Å². The molecular weight excluding hydrogens is 451 g/mol. The van der Waals surface area contributed by atoms with Crippen molar-refractivity contribution in [1.82, 2.24) is 0 Å². The van der Waals surface area contributed by atoms with E-state index >= 15 is 0 Å². The minimum absolute atomic E-state index is 0.0231. The molecule has 0 bridgehead atoms. The highest BCUT2D eigenvalue weighted by molar-refractivity contribution is 6.68. The van der Waals surface area contributed by atoms with Crippen molar-refractivity contribution in [1.29, 1.82) is 0 Å². The molecule has 0 fully saturated rings. The van der Waals surface area contributed by atoms with Gasteiger partial charge in [0.15, 0.2) is 0 Å². The fourth-order valence-corrected chi connectivity index (χ4v) is 3.04. The van der Waals surface area contributed by atoms with E-state index in [4.69, 9.17) is 50.7 Å². The van der Waals surface area contributed by atoms with Crippen LogP contribution in [-0.2, 0) is 9.59 Å². The van der Waals surface area contributed by atoms with E-state index in [1.54, 1.807) is 24.3 Å². The van der Waals surface area contributed by atoms with E-state index in [1.165, 1.54) is 24.3 Å². The van der Waals surface area contributed by atoms with E-state index in [0.717, 1.165) is 0 Å². The van der Waals surface area contributed by atoms with E-state index in [9.17, 15) is 18.4 Å². The first-order chi connectivity index (χ1) is 13.4. The van der Waals surface area contributed by atoms with E-state index in [1.807, 2.05) is 0 Å². The number of carboxylic acids is 2. The molecule has 5 nitrogen and oxygen atoms in total. The Labute approximate surface area is 181 Å². The SMILES string of the molecule is Fc1ccc(C(c2ccc(F)cc2)C(Cl)(Cl)Cl)cc1.N[C@@H](CCC(=O)O)C(=O)O. The maximum atomic E-state index is 13.0. The Balaban J connectivity index is 0.000000359. The first-order valence-electron chi connectivity index (χ1n) is 8.19. The molecule has 0 radical (unpaired) electrons. The number of benzene rings is 2. The highest BCUT2D eigenvalue weighted by Crippen LogP contribution is 2.45. The zero-order chi connectivity index (χ0) is 22.2. The van der Waals surface area contributed by atoms with Gasteiger partial charge in [-0.3, -0.25) is 9.59 Å². The van der Waals surface area contributed by atoms with Crippen molar-refractivity contribution < 1.29 is 28.6 Å². The molecule has 158 valence electrons. The van der Waals surface area contributed by atoms with Crippen LogP contribution in [0.15, 0.2) is 48.5 Å². The van der Waals surface area contributed by atoms with Gasteiger partial charge in [0.1, 0.15) is 17.7 Å². The maximum Gasteiger partial charge on any atom is 0.320 e. The molecule has 2 aromatic rings. The molecule has 0 saturated heterocycles. The molecule has 0 spiro atoms. The second-order valence-corrected chi connectivity index (χ2v) is 8.32. The summed E-state index contributed by atoms with van der Waals surface area (Å²) >= 11 is 18.0. The Hall–Kier alpha value is -1.93. The zero-order valence-electron chi connectivity index (χ0n) is 14.9. The van der Waals surface area contributed by atoms with Crippen LogP contribution in [0.5, 0.6) is 0 Å². The van der Waals surface area contributed by atoms with Gasteiger partial charge >= 0.3 is 11.9 Å². The third-order valence-corrected chi connectivity index (χ3v) is 4.38. The molecule has 0 aliphatic carbocycles. The van der Waals surface area contributed by atoms with Crippen LogP contribution in [0.1, 0.15) is 29.9 Å². The second kappa shape index (κ2) is 11.3. The summed E-state index contributed by atoms with van der Waals surface area (Å²) in [4.78, 5) is 19.9. The maximum absolute atomic E-state index is 13.0. The average Bonchev–Trinajstić information content (AvgIpc) is 2.62. The number of alkyl halides is 3. The number of nitrogens with two attached hydrogens (primary N) is 1. The lowest BCUT2D eigenvalue weighted by Crippen LogP contribution is -2.30. The monoisotopic (exact) mass is 467 g/mol. The number of aliphatic carboxylic acids is 2. The smallest absolute Gasteiger partial charge is 0.320 e. The normalized spacial score (nSPS) is 12.1. The lowest BCUT2D eigenvalue weighted by atomic mass is 9.92. The quantitative estimate of drug-likeness (QED) is 0.532. The zero-order valence-corrected chi connectivity index (χ0v) is 17.1. The second-order valence-electron chi connectivity index (χ2n) is 5.95. The molecular formula is C19H18Cl3F2NO4. The Morgan fingerprint density at radius 1 is 0.897 bits per heavy atom. The third kappa shape index (κ3) is 8.95. The van der Waals surface area contributed by atoms with Gasteiger partial charge in [0.25, 0.3) is 0 Å². The van der Waals surface area contributed by atoms with Gasteiger partial charge in [-0.2, -0.15) is 0 Å². The molecule has 0 saturated carbocycles. The molecule has 0 unspecified atom stereocenters. The highest BCUT2D eigenvalue weighted by atomic mass is 35.6. The lowest BCUT2D eigenvalue weighted by molar-refractivity contribution is -0.139. The first kappa shape index (κ1) is 25.1. The number of halogens is 5. The number of rotatable bonds is 6. The van der Waals surface area contributed by atoms with Crippen LogP contribution in [0.3, 0.4) is 0 Å². The van der Waals surface area contributed by atoms with Gasteiger partial charge < -0.3 is 15.9 Å². The number of hydrogen-bond acceptors (Lipinski definition) is 3. The van der Waals surface area contributed by atoms with Crippen molar-refractivity contribution in [2.45, 2.75) is 28.6 Å². The largest absolute Gasteiger partial charge is 0.481 e.